The number of ketones is 1. The summed E-state index contributed by atoms with van der Waals surface area (Å²) in [5.41, 5.74) is 1.14. The lowest BCUT2D eigenvalue weighted by Crippen LogP contribution is -2.40. The fourth-order valence-electron chi connectivity index (χ4n) is 2.12. The minimum absolute atomic E-state index is 0.0201. The normalized spacial score (nSPS) is 15.7. The molecule has 2 N–H and O–H groups in total. The van der Waals surface area contributed by atoms with Crippen molar-refractivity contribution >= 4 is 17.4 Å². The smallest absolute Gasteiger partial charge is 0.303 e. The van der Waals surface area contributed by atoms with Gasteiger partial charge >= 0.3 is 5.97 Å². The van der Waals surface area contributed by atoms with Crippen molar-refractivity contribution < 1.29 is 19.4 Å². The Morgan fingerprint density at radius 2 is 2.10 bits per heavy atom. The lowest BCUT2D eigenvalue weighted by molar-refractivity contribution is -0.137. The Bertz CT molecular complexity index is 537. The van der Waals surface area contributed by atoms with Crippen LogP contribution < -0.4 is 10.1 Å². The molecule has 1 aliphatic heterocycles. The fraction of sp³-hybridized carbons (Fsp3) is 0.467. The summed E-state index contributed by atoms with van der Waals surface area (Å²) < 4.78 is 5.82. The molecule has 0 radical (unpaired) electrons. The van der Waals surface area contributed by atoms with E-state index in [1.807, 2.05) is 13.8 Å². The molecule has 1 aromatic rings. The molecule has 5 heteroatoms. The first-order valence-electron chi connectivity index (χ1n) is 6.69. The Hall–Kier alpha value is -2.04. The van der Waals surface area contributed by atoms with E-state index < -0.39 is 5.97 Å². The van der Waals surface area contributed by atoms with Crippen LogP contribution in [0.3, 0.4) is 0 Å². The Kier molecular flexibility index (Phi) is 3.97. The minimum Gasteiger partial charge on any atom is -0.484 e. The second-order valence-corrected chi connectivity index (χ2v) is 5.60. The molecule has 20 heavy (non-hydrogen) atoms. The van der Waals surface area contributed by atoms with E-state index in [4.69, 9.17) is 9.84 Å². The van der Waals surface area contributed by atoms with E-state index >= 15 is 0 Å². The highest BCUT2D eigenvalue weighted by atomic mass is 16.5. The third kappa shape index (κ3) is 3.50. The van der Waals surface area contributed by atoms with Crippen molar-refractivity contribution in [2.75, 3.05) is 11.9 Å². The van der Waals surface area contributed by atoms with Crippen LogP contribution in [0.4, 0.5) is 5.69 Å². The van der Waals surface area contributed by atoms with E-state index in [1.165, 1.54) is 0 Å². The first kappa shape index (κ1) is 14.4. The number of nitrogens with one attached hydrogen (secondary N) is 1. The number of carbonyl (C=O) groups excluding carboxylic acids is 1. The molecule has 0 aromatic heterocycles. The highest BCUT2D eigenvalue weighted by molar-refractivity contribution is 5.97. The topological polar surface area (TPSA) is 75.6 Å². The van der Waals surface area contributed by atoms with Crippen LogP contribution in [-0.2, 0) is 4.79 Å². The van der Waals surface area contributed by atoms with E-state index in [0.29, 0.717) is 18.5 Å². The molecule has 108 valence electrons. The van der Waals surface area contributed by atoms with Gasteiger partial charge in [0.2, 0.25) is 0 Å². The summed E-state index contributed by atoms with van der Waals surface area (Å²) in [6.45, 7) is 4.67. The zero-order chi connectivity index (χ0) is 14.8. The number of carboxylic acids is 1. The number of fused-ring (bicyclic) bond motifs is 1. The number of benzene rings is 1. The fourth-order valence-corrected chi connectivity index (χ4v) is 2.12. The van der Waals surface area contributed by atoms with Gasteiger partial charge in [0.25, 0.3) is 0 Å². The molecule has 0 fully saturated rings. The first-order chi connectivity index (χ1) is 9.37. The Labute approximate surface area is 117 Å². The predicted molar refractivity (Wildman–Crippen MR) is 75.5 cm³/mol. The number of anilines is 1. The van der Waals surface area contributed by atoms with Gasteiger partial charge in [-0.15, -0.1) is 0 Å². The average Bonchev–Trinajstić information content (AvgIpc) is 2.36. The van der Waals surface area contributed by atoms with Crippen LogP contribution in [0, 0.1) is 0 Å². The summed E-state index contributed by atoms with van der Waals surface area (Å²) in [5, 5.41) is 11.8. The summed E-state index contributed by atoms with van der Waals surface area (Å²) in [5.74, 6) is -0.176. The van der Waals surface area contributed by atoms with Gasteiger partial charge in [-0.3, -0.25) is 9.59 Å². The largest absolute Gasteiger partial charge is 0.484 e. The number of carbonyl (C=O) groups is 2. The monoisotopic (exact) mass is 277 g/mol. The molecular weight excluding hydrogens is 258 g/mol. The van der Waals surface area contributed by atoms with Crippen molar-refractivity contribution in [1.29, 1.82) is 0 Å². The molecule has 2 rings (SSSR count). The van der Waals surface area contributed by atoms with E-state index in [9.17, 15) is 9.59 Å². The summed E-state index contributed by atoms with van der Waals surface area (Å²) in [6.07, 6.45) is 0.631. The molecule has 0 amide bonds. The molecule has 0 atom stereocenters. The number of aliphatic carboxylic acids is 1. The van der Waals surface area contributed by atoms with E-state index in [-0.39, 0.29) is 24.2 Å². The summed E-state index contributed by atoms with van der Waals surface area (Å²) >= 11 is 0. The maximum atomic E-state index is 12.0. The number of rotatable bonds is 5. The highest BCUT2D eigenvalue weighted by Gasteiger charge is 2.26. The van der Waals surface area contributed by atoms with Crippen LogP contribution in [0.15, 0.2) is 18.2 Å². The average molecular weight is 277 g/mol. The highest BCUT2D eigenvalue weighted by Crippen LogP contribution is 2.33. The third-order valence-electron chi connectivity index (χ3n) is 3.19. The van der Waals surface area contributed by atoms with Gasteiger partial charge < -0.3 is 15.2 Å². The molecule has 0 unspecified atom stereocenters. The number of hydrogen-bond donors (Lipinski definition) is 2. The summed E-state index contributed by atoms with van der Waals surface area (Å²) in [7, 11) is 0. The lowest BCUT2D eigenvalue weighted by atomic mass is 10.0. The Morgan fingerprint density at radius 1 is 1.35 bits per heavy atom. The van der Waals surface area contributed by atoms with Gasteiger partial charge in [-0.05, 0) is 38.5 Å². The van der Waals surface area contributed by atoms with Crippen molar-refractivity contribution in [3.05, 3.63) is 23.8 Å². The van der Waals surface area contributed by atoms with Gasteiger partial charge in [-0.2, -0.15) is 0 Å². The van der Waals surface area contributed by atoms with Crippen molar-refractivity contribution in [3.63, 3.8) is 0 Å². The minimum atomic E-state index is -0.875. The molecule has 0 saturated carbocycles. The Morgan fingerprint density at radius 3 is 2.80 bits per heavy atom. The summed E-state index contributed by atoms with van der Waals surface area (Å²) in [6, 6.07) is 5.28. The SMILES string of the molecule is CC1(C)CNc2cc(C(=O)CCCC(=O)O)ccc2O1. The Balaban J connectivity index is 2.04. The standard InChI is InChI=1S/C15H19NO4/c1-15(2)9-16-11-8-10(6-7-13(11)20-15)12(17)4-3-5-14(18)19/h6-8,16H,3-5,9H2,1-2H3,(H,18,19). The molecule has 5 nitrogen and oxygen atoms in total. The molecule has 0 bridgehead atoms. The van der Waals surface area contributed by atoms with Gasteiger partial charge in [0.15, 0.2) is 5.78 Å². The van der Waals surface area contributed by atoms with Crippen LogP contribution in [0.25, 0.3) is 0 Å². The molecular formula is C15H19NO4. The lowest BCUT2D eigenvalue weighted by Gasteiger charge is -2.33. The van der Waals surface area contributed by atoms with E-state index in [0.717, 1.165) is 11.4 Å². The van der Waals surface area contributed by atoms with Crippen molar-refractivity contribution in [1.82, 2.24) is 0 Å². The van der Waals surface area contributed by atoms with Crippen LogP contribution in [-0.4, -0.2) is 29.0 Å². The van der Waals surface area contributed by atoms with Gasteiger partial charge in [-0.1, -0.05) is 0 Å². The number of carboxylic acid groups (broad SMARTS) is 1. The quantitative estimate of drug-likeness (QED) is 0.809. The zero-order valence-corrected chi connectivity index (χ0v) is 11.7. The maximum Gasteiger partial charge on any atom is 0.303 e. The van der Waals surface area contributed by atoms with Gasteiger partial charge in [0, 0.05) is 18.4 Å². The van der Waals surface area contributed by atoms with Crippen molar-refractivity contribution in [3.8, 4) is 5.75 Å². The molecule has 1 heterocycles. The molecule has 1 aromatic carbocycles. The first-order valence-corrected chi connectivity index (χ1v) is 6.69. The van der Waals surface area contributed by atoms with Gasteiger partial charge in [-0.25, -0.2) is 0 Å². The number of ether oxygens (including phenoxy) is 1. The molecule has 0 saturated heterocycles. The summed E-state index contributed by atoms with van der Waals surface area (Å²) in [4.78, 5) is 22.4. The van der Waals surface area contributed by atoms with Crippen molar-refractivity contribution in [2.45, 2.75) is 38.7 Å². The second-order valence-electron chi connectivity index (χ2n) is 5.60. The van der Waals surface area contributed by atoms with Crippen LogP contribution in [0.5, 0.6) is 5.75 Å². The maximum absolute atomic E-state index is 12.0. The van der Waals surface area contributed by atoms with Crippen LogP contribution in [0.2, 0.25) is 0 Å². The molecule has 1 aliphatic rings. The predicted octanol–water partition coefficient (Wildman–Crippen LogP) is 2.71. The van der Waals surface area contributed by atoms with Gasteiger partial charge in [0.1, 0.15) is 11.4 Å². The molecule has 0 spiro atoms. The zero-order valence-electron chi connectivity index (χ0n) is 11.7. The van der Waals surface area contributed by atoms with Crippen LogP contribution >= 0.6 is 0 Å². The van der Waals surface area contributed by atoms with Crippen molar-refractivity contribution in [2.24, 2.45) is 0 Å². The van der Waals surface area contributed by atoms with Crippen LogP contribution in [0.1, 0.15) is 43.5 Å². The van der Waals surface area contributed by atoms with E-state index in [1.54, 1.807) is 18.2 Å². The molecule has 0 aliphatic carbocycles. The third-order valence-corrected chi connectivity index (χ3v) is 3.19. The van der Waals surface area contributed by atoms with E-state index in [2.05, 4.69) is 5.32 Å². The number of hydrogen-bond acceptors (Lipinski definition) is 4. The second kappa shape index (κ2) is 5.53. The number of Topliss-reactive ketones (excluding diaryl/α,β-unsaturated/α-hetero) is 1. The van der Waals surface area contributed by atoms with Gasteiger partial charge in [0.05, 0.1) is 12.2 Å².